The summed E-state index contributed by atoms with van der Waals surface area (Å²) >= 11 is 0. The lowest BCUT2D eigenvalue weighted by molar-refractivity contribution is -0.153. The number of methoxy groups -OCH3 is 1. The summed E-state index contributed by atoms with van der Waals surface area (Å²) < 4.78 is 55.9. The van der Waals surface area contributed by atoms with E-state index in [1.807, 2.05) is 24.3 Å². The van der Waals surface area contributed by atoms with Gasteiger partial charge in [0.15, 0.2) is 17.3 Å². The van der Waals surface area contributed by atoms with E-state index >= 15 is 0 Å². The van der Waals surface area contributed by atoms with Crippen molar-refractivity contribution in [2.75, 3.05) is 53.3 Å². The molecule has 11 nitrogen and oxygen atoms in total. The first kappa shape index (κ1) is 29.2. The van der Waals surface area contributed by atoms with Crippen LogP contribution >= 0.6 is 0 Å². The number of likely N-dealkylation sites (tertiary alicyclic amines) is 1. The summed E-state index contributed by atoms with van der Waals surface area (Å²) in [7, 11) is -2.39. The monoisotopic (exact) mass is 588 g/mol. The van der Waals surface area contributed by atoms with Crippen LogP contribution in [0.3, 0.4) is 0 Å². The molecule has 0 bridgehead atoms. The Morgan fingerprint density at radius 2 is 1.80 bits per heavy atom. The minimum atomic E-state index is -3.89. The molecule has 1 saturated heterocycles. The maximum atomic E-state index is 13.4. The number of hydrogen-bond acceptors (Lipinski definition) is 9. The first-order valence-electron chi connectivity index (χ1n) is 13.8. The van der Waals surface area contributed by atoms with E-state index in [0.29, 0.717) is 36.8 Å². The van der Waals surface area contributed by atoms with Gasteiger partial charge >= 0.3 is 0 Å². The molecule has 1 N–H and O–H groups in total. The Morgan fingerprint density at radius 1 is 1.05 bits per heavy atom. The third-order valence-corrected chi connectivity index (χ3v) is 9.34. The van der Waals surface area contributed by atoms with Crippen molar-refractivity contribution in [2.24, 2.45) is 0 Å². The number of sulfonamides is 1. The van der Waals surface area contributed by atoms with Crippen LogP contribution in [-0.2, 0) is 24.3 Å². The van der Waals surface area contributed by atoms with E-state index in [2.05, 4.69) is 0 Å². The van der Waals surface area contributed by atoms with Gasteiger partial charge in [-0.1, -0.05) is 6.07 Å². The number of hydrogen-bond donors (Lipinski definition) is 1. The Hall–Kier alpha value is -3.32. The molecule has 2 atom stereocenters. The molecular weight excluding hydrogens is 552 g/mol. The number of benzene rings is 2. The molecule has 0 aliphatic carbocycles. The van der Waals surface area contributed by atoms with Crippen molar-refractivity contribution in [1.82, 2.24) is 9.21 Å². The molecule has 3 heterocycles. The third kappa shape index (κ3) is 6.78. The molecule has 0 saturated carbocycles. The molecule has 2 aromatic rings. The molecule has 0 radical (unpaired) electrons. The molecule has 0 aromatic heterocycles. The van der Waals surface area contributed by atoms with Crippen LogP contribution in [0.15, 0.2) is 59.2 Å². The van der Waals surface area contributed by atoms with Gasteiger partial charge in [-0.25, -0.2) is 8.42 Å². The highest BCUT2D eigenvalue weighted by atomic mass is 32.2. The number of carbonyl (C=O) groups is 1. The molecule has 3 aliphatic heterocycles. The predicted octanol–water partition coefficient (Wildman–Crippen LogP) is 2.85. The summed E-state index contributed by atoms with van der Waals surface area (Å²) in [6.07, 6.45) is 4.47. The molecule has 5 rings (SSSR count). The van der Waals surface area contributed by atoms with Crippen molar-refractivity contribution in [3.63, 3.8) is 0 Å². The minimum Gasteiger partial charge on any atom is -0.497 e. The normalized spacial score (nSPS) is 20.5. The van der Waals surface area contributed by atoms with Gasteiger partial charge < -0.3 is 33.7 Å². The molecule has 12 heteroatoms. The van der Waals surface area contributed by atoms with Crippen LogP contribution in [0.25, 0.3) is 0 Å². The largest absolute Gasteiger partial charge is 0.497 e. The highest BCUT2D eigenvalue weighted by molar-refractivity contribution is 7.89. The van der Waals surface area contributed by atoms with Crippen LogP contribution in [0.1, 0.15) is 37.2 Å². The number of carbonyl (C=O) groups excluding carboxylic acids is 1. The van der Waals surface area contributed by atoms with Gasteiger partial charge in [0.1, 0.15) is 5.75 Å². The van der Waals surface area contributed by atoms with Gasteiger partial charge in [0.05, 0.1) is 25.2 Å². The van der Waals surface area contributed by atoms with Crippen LogP contribution in [0.2, 0.25) is 0 Å². The lowest BCUT2D eigenvalue weighted by Gasteiger charge is -2.33. The summed E-state index contributed by atoms with van der Waals surface area (Å²) in [5.74, 6) is 1.71. The second-order valence-corrected chi connectivity index (χ2v) is 12.0. The molecule has 3 aliphatic rings. The van der Waals surface area contributed by atoms with Gasteiger partial charge in [0, 0.05) is 38.5 Å². The van der Waals surface area contributed by atoms with Crippen molar-refractivity contribution in [2.45, 2.75) is 42.8 Å². The zero-order valence-electron chi connectivity index (χ0n) is 23.1. The SMILES string of the molecule is COc1ccc(S(=O)(=O)N(CCO)CCO[C@@H]2C[C@H](c3ccc4c(c3)OCO4)C=C(C(=O)N3CCCCC3)O2)cc1. The van der Waals surface area contributed by atoms with E-state index in [9.17, 15) is 18.3 Å². The molecule has 1 fully saturated rings. The summed E-state index contributed by atoms with van der Waals surface area (Å²) in [5, 5.41) is 9.56. The number of nitrogens with zero attached hydrogens (tertiary/aromatic N) is 2. The van der Waals surface area contributed by atoms with E-state index < -0.39 is 16.3 Å². The second-order valence-electron chi connectivity index (χ2n) is 10.1. The number of piperidine rings is 1. The van der Waals surface area contributed by atoms with Crippen molar-refractivity contribution >= 4 is 15.9 Å². The topological polar surface area (TPSA) is 124 Å². The van der Waals surface area contributed by atoms with Crippen LogP contribution in [0.4, 0.5) is 0 Å². The molecule has 222 valence electrons. The molecule has 0 spiro atoms. The first-order chi connectivity index (χ1) is 19.9. The fraction of sp³-hybridized carbons (Fsp3) is 0.483. The first-order valence-corrected chi connectivity index (χ1v) is 15.3. The Labute approximate surface area is 240 Å². The van der Waals surface area contributed by atoms with Crippen molar-refractivity contribution in [3.05, 3.63) is 59.9 Å². The zero-order valence-corrected chi connectivity index (χ0v) is 23.9. The van der Waals surface area contributed by atoms with E-state index in [0.717, 1.165) is 24.8 Å². The summed E-state index contributed by atoms with van der Waals surface area (Å²) in [6.45, 7) is 1.07. The zero-order chi connectivity index (χ0) is 28.8. The highest BCUT2D eigenvalue weighted by Gasteiger charge is 2.33. The number of allylic oxidation sites excluding steroid dienone is 1. The van der Waals surface area contributed by atoms with E-state index in [1.54, 1.807) is 17.0 Å². The smallest absolute Gasteiger partial charge is 0.288 e. The lowest BCUT2D eigenvalue weighted by Crippen LogP contribution is -2.40. The molecular formula is C29H36N2O9S. The Balaban J connectivity index is 1.29. The van der Waals surface area contributed by atoms with Gasteiger partial charge in [-0.15, -0.1) is 0 Å². The molecule has 1 amide bonds. The number of rotatable bonds is 11. The fourth-order valence-electron chi connectivity index (χ4n) is 5.19. The average Bonchev–Trinajstić information content (AvgIpc) is 3.49. The molecule has 41 heavy (non-hydrogen) atoms. The molecule has 2 aromatic carbocycles. The van der Waals surface area contributed by atoms with Gasteiger partial charge in [0.2, 0.25) is 23.1 Å². The lowest BCUT2D eigenvalue weighted by atomic mass is 9.92. The summed E-state index contributed by atoms with van der Waals surface area (Å²) in [4.78, 5) is 15.3. The van der Waals surface area contributed by atoms with E-state index in [-0.39, 0.29) is 55.6 Å². The second kappa shape index (κ2) is 13.1. The number of ether oxygens (including phenoxy) is 5. The Bertz CT molecular complexity index is 1340. The van der Waals surface area contributed by atoms with Crippen molar-refractivity contribution in [3.8, 4) is 17.2 Å². The van der Waals surface area contributed by atoms with Crippen molar-refractivity contribution < 1.29 is 42.0 Å². The Kier molecular flexibility index (Phi) is 9.33. The fourth-order valence-corrected chi connectivity index (χ4v) is 6.60. The maximum Gasteiger partial charge on any atom is 0.288 e. The van der Waals surface area contributed by atoms with Gasteiger partial charge in [-0.3, -0.25) is 4.79 Å². The van der Waals surface area contributed by atoms with Gasteiger partial charge in [-0.2, -0.15) is 4.31 Å². The molecule has 0 unspecified atom stereocenters. The Morgan fingerprint density at radius 3 is 2.54 bits per heavy atom. The summed E-state index contributed by atoms with van der Waals surface area (Å²) in [5.41, 5.74) is 0.930. The number of aliphatic hydroxyl groups is 1. The number of amides is 1. The van der Waals surface area contributed by atoms with E-state index in [1.165, 1.54) is 23.5 Å². The van der Waals surface area contributed by atoms with Gasteiger partial charge in [-0.05, 0) is 67.3 Å². The third-order valence-electron chi connectivity index (χ3n) is 7.43. The standard InChI is InChI=1S/C29H36N2O9S/c1-36-23-6-8-24(9-7-23)41(34,35)31(13-15-32)14-16-37-28-19-22(21-5-10-25-26(17-21)39-20-38-25)18-27(40-28)29(33)30-11-3-2-4-12-30/h5-10,17-18,22,28,32H,2-4,11-16,19-20H2,1H3/t22-,28+/m1/s1. The van der Waals surface area contributed by atoms with Gasteiger partial charge in [0.25, 0.3) is 5.91 Å². The minimum absolute atomic E-state index is 0.000898. The van der Waals surface area contributed by atoms with Crippen LogP contribution in [-0.4, -0.2) is 88.2 Å². The summed E-state index contributed by atoms with van der Waals surface area (Å²) in [6, 6.07) is 11.7. The van der Waals surface area contributed by atoms with Crippen LogP contribution < -0.4 is 14.2 Å². The highest BCUT2D eigenvalue weighted by Crippen LogP contribution is 2.38. The van der Waals surface area contributed by atoms with Crippen LogP contribution in [0.5, 0.6) is 17.2 Å². The number of aliphatic hydroxyl groups excluding tert-OH is 1. The predicted molar refractivity (Wildman–Crippen MR) is 148 cm³/mol. The van der Waals surface area contributed by atoms with Crippen molar-refractivity contribution in [1.29, 1.82) is 0 Å². The van der Waals surface area contributed by atoms with E-state index in [4.69, 9.17) is 23.7 Å². The average molecular weight is 589 g/mol. The number of fused-ring (bicyclic) bond motifs is 1. The quantitative estimate of drug-likeness (QED) is 0.422. The van der Waals surface area contributed by atoms with Crippen LogP contribution in [0, 0.1) is 0 Å². The maximum absolute atomic E-state index is 13.4.